The summed E-state index contributed by atoms with van der Waals surface area (Å²) in [5, 5.41) is 0. The summed E-state index contributed by atoms with van der Waals surface area (Å²) in [6.07, 6.45) is 34.6. The first-order valence-electron chi connectivity index (χ1n) is 20.0. The molecule has 0 spiro atoms. The van der Waals surface area contributed by atoms with Gasteiger partial charge < -0.3 is 27.9 Å². The summed E-state index contributed by atoms with van der Waals surface area (Å²) in [5.74, 6) is -0.357. The third-order valence-corrected chi connectivity index (χ3v) is 9.63. The molecule has 0 aromatic rings. The zero-order valence-electron chi connectivity index (χ0n) is 32.2. The van der Waals surface area contributed by atoms with Crippen LogP contribution in [0.2, 0.25) is 0 Å². The van der Waals surface area contributed by atoms with Gasteiger partial charge in [0.05, 0.1) is 34.0 Å². The minimum absolute atomic E-state index is 0.0198. The average molecular weight is 704 g/mol. The molecule has 0 amide bonds. The van der Waals surface area contributed by atoms with Gasteiger partial charge in [-0.25, -0.2) is 0 Å². The lowest BCUT2D eigenvalue weighted by Gasteiger charge is -2.28. The molecule has 0 aliphatic carbocycles. The van der Waals surface area contributed by atoms with E-state index in [2.05, 4.69) is 13.8 Å². The van der Waals surface area contributed by atoms with E-state index in [0.717, 1.165) is 32.1 Å². The molecule has 0 aliphatic rings. The van der Waals surface area contributed by atoms with Crippen molar-refractivity contribution < 1.29 is 37.3 Å². The second kappa shape index (κ2) is 33.2. The average Bonchev–Trinajstić information content (AvgIpc) is 3.03. The lowest BCUT2D eigenvalue weighted by atomic mass is 10.0. The number of quaternary nitrogens is 1. The second-order valence-electron chi connectivity index (χ2n) is 14.7. The van der Waals surface area contributed by atoms with Crippen LogP contribution in [0, 0.1) is 0 Å². The standard InChI is InChI=1S/C39H78NO7P/c1-6-8-10-12-14-16-18-19-20-21-22-23-25-27-29-31-34-44-36-38(37-46-48(42,43)45-35-33-40(3,4)5)47-39(41)32-30-28-26-24-17-15-13-11-9-7-2/h31,34,38H,6-30,32-33,35-37H2,1-5H3/b34-31-/t38-/m1/s1. The fourth-order valence-electron chi connectivity index (χ4n) is 5.51. The Morgan fingerprint density at radius 3 is 1.54 bits per heavy atom. The molecule has 48 heavy (non-hydrogen) atoms. The summed E-state index contributed by atoms with van der Waals surface area (Å²) >= 11 is 0. The molecule has 0 aromatic carbocycles. The summed E-state index contributed by atoms with van der Waals surface area (Å²) < 4.78 is 34.2. The van der Waals surface area contributed by atoms with Crippen LogP contribution in [-0.2, 0) is 27.9 Å². The largest absolute Gasteiger partial charge is 0.756 e. The number of nitrogens with zero attached hydrogens (tertiary/aromatic N) is 1. The maximum Gasteiger partial charge on any atom is 0.306 e. The lowest BCUT2D eigenvalue weighted by Crippen LogP contribution is -2.37. The Hall–Kier alpha value is -0.920. The maximum absolute atomic E-state index is 12.6. The molecule has 0 saturated heterocycles. The van der Waals surface area contributed by atoms with Gasteiger partial charge in [0.15, 0.2) is 6.10 Å². The minimum Gasteiger partial charge on any atom is -0.756 e. The first kappa shape index (κ1) is 47.1. The number of carbonyl (C=O) groups excluding carboxylic acids is 1. The Bertz CT molecular complexity index is 787. The van der Waals surface area contributed by atoms with Gasteiger partial charge in [0.1, 0.15) is 19.8 Å². The molecule has 8 nitrogen and oxygen atoms in total. The van der Waals surface area contributed by atoms with Crippen molar-refractivity contribution in [3.8, 4) is 0 Å². The van der Waals surface area contributed by atoms with Crippen molar-refractivity contribution in [1.82, 2.24) is 0 Å². The highest BCUT2D eigenvalue weighted by Gasteiger charge is 2.20. The highest BCUT2D eigenvalue weighted by molar-refractivity contribution is 7.45. The Morgan fingerprint density at radius 1 is 0.646 bits per heavy atom. The quantitative estimate of drug-likeness (QED) is 0.0209. The molecule has 0 bridgehead atoms. The van der Waals surface area contributed by atoms with Crippen molar-refractivity contribution in [2.24, 2.45) is 0 Å². The van der Waals surface area contributed by atoms with Crippen LogP contribution in [0.1, 0.15) is 181 Å². The van der Waals surface area contributed by atoms with Gasteiger partial charge in [-0.2, -0.15) is 0 Å². The molecular weight excluding hydrogens is 625 g/mol. The van der Waals surface area contributed by atoms with Crippen molar-refractivity contribution in [1.29, 1.82) is 0 Å². The van der Waals surface area contributed by atoms with E-state index in [1.807, 2.05) is 27.2 Å². The number of unbranched alkanes of at least 4 members (excludes halogenated alkanes) is 23. The Morgan fingerprint density at radius 2 is 1.08 bits per heavy atom. The van der Waals surface area contributed by atoms with E-state index >= 15 is 0 Å². The number of hydrogen-bond acceptors (Lipinski definition) is 7. The van der Waals surface area contributed by atoms with Crippen LogP contribution >= 0.6 is 7.82 Å². The third-order valence-electron chi connectivity index (χ3n) is 8.66. The molecule has 0 radical (unpaired) electrons. The van der Waals surface area contributed by atoms with Crippen LogP contribution in [0.25, 0.3) is 0 Å². The Balaban J connectivity index is 4.28. The lowest BCUT2D eigenvalue weighted by molar-refractivity contribution is -0.870. The molecule has 286 valence electrons. The van der Waals surface area contributed by atoms with Gasteiger partial charge >= 0.3 is 5.97 Å². The molecule has 0 saturated carbocycles. The van der Waals surface area contributed by atoms with Gasteiger partial charge in [-0.15, -0.1) is 0 Å². The van der Waals surface area contributed by atoms with Gasteiger partial charge in [0, 0.05) is 6.42 Å². The number of rotatable bonds is 37. The summed E-state index contributed by atoms with van der Waals surface area (Å²) in [7, 11) is 1.33. The molecule has 0 heterocycles. The molecule has 1 unspecified atom stereocenters. The Labute approximate surface area is 297 Å². The number of hydrogen-bond donors (Lipinski definition) is 0. The molecule has 0 N–H and O–H groups in total. The Kier molecular flexibility index (Phi) is 32.6. The van der Waals surface area contributed by atoms with E-state index in [0.29, 0.717) is 17.4 Å². The van der Waals surface area contributed by atoms with Gasteiger partial charge in [0.25, 0.3) is 7.82 Å². The van der Waals surface area contributed by atoms with Crippen LogP contribution in [-0.4, -0.2) is 64.1 Å². The van der Waals surface area contributed by atoms with Crippen LogP contribution in [0.15, 0.2) is 12.3 Å². The summed E-state index contributed by atoms with van der Waals surface area (Å²) in [5.41, 5.74) is 0. The van der Waals surface area contributed by atoms with Crippen LogP contribution in [0.5, 0.6) is 0 Å². The molecule has 0 aromatic heterocycles. The van der Waals surface area contributed by atoms with Crippen LogP contribution in [0.3, 0.4) is 0 Å². The van der Waals surface area contributed by atoms with Crippen molar-refractivity contribution in [2.45, 2.75) is 187 Å². The molecule has 0 aliphatic heterocycles. The topological polar surface area (TPSA) is 94.1 Å². The number of carbonyl (C=O) groups is 1. The molecule has 9 heteroatoms. The van der Waals surface area contributed by atoms with Gasteiger partial charge in [-0.3, -0.25) is 9.36 Å². The maximum atomic E-state index is 12.6. The number of allylic oxidation sites excluding steroid dienone is 1. The van der Waals surface area contributed by atoms with E-state index in [9.17, 15) is 14.3 Å². The zero-order chi connectivity index (χ0) is 35.6. The predicted octanol–water partition coefficient (Wildman–Crippen LogP) is 10.8. The number of esters is 1. The van der Waals surface area contributed by atoms with E-state index in [-0.39, 0.29) is 25.8 Å². The number of ether oxygens (including phenoxy) is 2. The molecule has 2 atom stereocenters. The van der Waals surface area contributed by atoms with E-state index in [1.54, 1.807) is 6.26 Å². The smallest absolute Gasteiger partial charge is 0.306 e. The minimum atomic E-state index is -4.53. The van der Waals surface area contributed by atoms with E-state index in [4.69, 9.17) is 18.5 Å². The van der Waals surface area contributed by atoms with Crippen molar-refractivity contribution in [3.05, 3.63) is 12.3 Å². The summed E-state index contributed by atoms with van der Waals surface area (Å²) in [4.78, 5) is 24.9. The van der Waals surface area contributed by atoms with E-state index < -0.39 is 13.9 Å². The molecular formula is C39H78NO7P. The molecule has 0 fully saturated rings. The van der Waals surface area contributed by atoms with Gasteiger partial charge in [0.2, 0.25) is 0 Å². The van der Waals surface area contributed by atoms with Gasteiger partial charge in [-0.05, 0) is 25.3 Å². The first-order valence-corrected chi connectivity index (χ1v) is 21.4. The summed E-state index contributed by atoms with van der Waals surface area (Å²) in [6, 6.07) is 0. The van der Waals surface area contributed by atoms with E-state index in [1.165, 1.54) is 128 Å². The highest BCUT2D eigenvalue weighted by Crippen LogP contribution is 2.38. The van der Waals surface area contributed by atoms with Crippen molar-refractivity contribution >= 4 is 13.8 Å². The fourth-order valence-corrected chi connectivity index (χ4v) is 6.24. The summed E-state index contributed by atoms with van der Waals surface area (Å²) in [6.45, 7) is 4.73. The van der Waals surface area contributed by atoms with Crippen LogP contribution < -0.4 is 4.89 Å². The van der Waals surface area contributed by atoms with Crippen molar-refractivity contribution in [2.75, 3.05) is 47.5 Å². The fraction of sp³-hybridized carbons (Fsp3) is 0.923. The molecule has 0 rings (SSSR count). The highest BCUT2D eigenvalue weighted by atomic mass is 31.2. The normalized spacial score (nSPS) is 14.0. The first-order chi connectivity index (χ1) is 23.1. The SMILES string of the molecule is CCCCCCCCCCCCCCCC/C=C\OC[C@H](COP(=O)([O-])OCC[N+](C)(C)C)OC(=O)CCCCCCCCCCCC. The number of likely N-dealkylation sites (N-methyl/N-ethyl adjacent to an activating group) is 1. The number of phosphoric ester groups is 1. The third kappa shape index (κ3) is 36.4. The number of phosphoric acid groups is 1. The van der Waals surface area contributed by atoms with Crippen molar-refractivity contribution in [3.63, 3.8) is 0 Å². The van der Waals surface area contributed by atoms with Gasteiger partial charge in [-0.1, -0.05) is 155 Å². The van der Waals surface area contributed by atoms with Crippen LogP contribution in [0.4, 0.5) is 0 Å². The monoisotopic (exact) mass is 704 g/mol. The predicted molar refractivity (Wildman–Crippen MR) is 199 cm³/mol. The second-order valence-corrected chi connectivity index (χ2v) is 16.1. The zero-order valence-corrected chi connectivity index (χ0v) is 33.1.